The number of aromatic nitrogens is 1. The first-order chi connectivity index (χ1) is 8.85. The molecule has 0 saturated heterocycles. The highest BCUT2D eigenvalue weighted by molar-refractivity contribution is 7.89. The highest BCUT2D eigenvalue weighted by Gasteiger charge is 2.37. The van der Waals surface area contributed by atoms with Gasteiger partial charge < -0.3 is 4.52 Å². The summed E-state index contributed by atoms with van der Waals surface area (Å²) in [6.45, 7) is 3.25. The van der Waals surface area contributed by atoms with Crippen molar-refractivity contribution in [1.82, 2.24) is 9.46 Å². The molecule has 2 unspecified atom stereocenters. The molecular weight excluding hydrogens is 288 g/mol. The molecule has 1 fully saturated rings. The molecule has 5 nitrogen and oxygen atoms in total. The van der Waals surface area contributed by atoms with Crippen molar-refractivity contribution < 1.29 is 12.9 Å². The number of aryl methyl sites for hydroxylation is 2. The van der Waals surface area contributed by atoms with Crippen LogP contribution in [-0.2, 0) is 10.0 Å². The standard InChI is InChI=1S/C12H19ClN2O3S/c1-8-12(9(2)18-14-8)19(16,17)15(3)11-7-5-4-6-10(11)13/h10-11H,4-7H2,1-3H3. The van der Waals surface area contributed by atoms with Gasteiger partial charge in [0.25, 0.3) is 0 Å². The molecule has 1 aromatic heterocycles. The van der Waals surface area contributed by atoms with Gasteiger partial charge in [0.15, 0.2) is 5.76 Å². The van der Waals surface area contributed by atoms with Crippen LogP contribution in [0.25, 0.3) is 0 Å². The first-order valence-corrected chi connectivity index (χ1v) is 8.28. The zero-order valence-corrected chi connectivity index (χ0v) is 13.0. The van der Waals surface area contributed by atoms with E-state index in [-0.39, 0.29) is 16.3 Å². The topological polar surface area (TPSA) is 63.4 Å². The summed E-state index contributed by atoms with van der Waals surface area (Å²) < 4.78 is 31.6. The van der Waals surface area contributed by atoms with Crippen molar-refractivity contribution in [2.45, 2.75) is 55.8 Å². The molecule has 0 N–H and O–H groups in total. The normalized spacial score (nSPS) is 24.9. The molecule has 1 aliphatic rings. The minimum absolute atomic E-state index is 0.131. The van der Waals surface area contributed by atoms with E-state index in [1.54, 1.807) is 20.9 Å². The molecule has 1 heterocycles. The SMILES string of the molecule is Cc1noc(C)c1S(=O)(=O)N(C)C1CCCCC1Cl. The highest BCUT2D eigenvalue weighted by atomic mass is 35.5. The minimum atomic E-state index is -3.60. The van der Waals surface area contributed by atoms with Crippen LogP contribution >= 0.6 is 11.6 Å². The van der Waals surface area contributed by atoms with Gasteiger partial charge in [-0.15, -0.1) is 11.6 Å². The van der Waals surface area contributed by atoms with E-state index in [1.807, 2.05) is 0 Å². The fraction of sp³-hybridized carbons (Fsp3) is 0.750. The number of nitrogens with zero attached hydrogens (tertiary/aromatic N) is 2. The molecule has 7 heteroatoms. The lowest BCUT2D eigenvalue weighted by molar-refractivity contribution is 0.290. The van der Waals surface area contributed by atoms with Crippen LogP contribution in [0.3, 0.4) is 0 Å². The molecule has 0 bridgehead atoms. The molecule has 0 aromatic carbocycles. The van der Waals surface area contributed by atoms with Crippen LogP contribution in [0, 0.1) is 13.8 Å². The van der Waals surface area contributed by atoms with Crippen LogP contribution in [-0.4, -0.2) is 36.3 Å². The largest absolute Gasteiger partial charge is 0.360 e. The second-order valence-electron chi connectivity index (χ2n) is 5.04. The summed E-state index contributed by atoms with van der Waals surface area (Å²) in [5, 5.41) is 3.58. The van der Waals surface area contributed by atoms with Gasteiger partial charge >= 0.3 is 0 Å². The Morgan fingerprint density at radius 1 is 1.32 bits per heavy atom. The maximum atomic E-state index is 12.6. The monoisotopic (exact) mass is 306 g/mol. The zero-order valence-electron chi connectivity index (χ0n) is 11.4. The number of alkyl halides is 1. The Balaban J connectivity index is 2.34. The minimum Gasteiger partial charge on any atom is -0.360 e. The predicted molar refractivity (Wildman–Crippen MR) is 72.8 cm³/mol. The van der Waals surface area contributed by atoms with Gasteiger partial charge in [0.2, 0.25) is 10.0 Å². The van der Waals surface area contributed by atoms with Crippen molar-refractivity contribution in [3.05, 3.63) is 11.5 Å². The van der Waals surface area contributed by atoms with Gasteiger partial charge in [0.1, 0.15) is 10.6 Å². The van der Waals surface area contributed by atoms with E-state index in [9.17, 15) is 8.42 Å². The van der Waals surface area contributed by atoms with Crippen molar-refractivity contribution in [2.24, 2.45) is 0 Å². The van der Waals surface area contributed by atoms with E-state index in [1.165, 1.54) is 4.31 Å². The summed E-state index contributed by atoms with van der Waals surface area (Å²) in [5.74, 6) is 0.325. The summed E-state index contributed by atoms with van der Waals surface area (Å²) in [6.07, 6.45) is 3.72. The van der Waals surface area contributed by atoms with Crippen LogP contribution in [0.1, 0.15) is 37.1 Å². The predicted octanol–water partition coefficient (Wildman–Crippen LogP) is 2.46. The van der Waals surface area contributed by atoms with E-state index in [4.69, 9.17) is 16.1 Å². The Hall–Kier alpha value is -0.590. The number of rotatable bonds is 3. The van der Waals surface area contributed by atoms with Crippen LogP contribution in [0.2, 0.25) is 0 Å². The van der Waals surface area contributed by atoms with Gasteiger partial charge in [-0.05, 0) is 26.7 Å². The number of hydrogen-bond donors (Lipinski definition) is 0. The Labute approximate surface area is 118 Å². The lowest BCUT2D eigenvalue weighted by atomic mass is 9.95. The molecular formula is C12H19ClN2O3S. The molecule has 1 aliphatic carbocycles. The van der Waals surface area contributed by atoms with Gasteiger partial charge in [0.05, 0.1) is 5.38 Å². The molecule has 108 valence electrons. The maximum absolute atomic E-state index is 12.6. The van der Waals surface area contributed by atoms with E-state index in [0.717, 1.165) is 25.7 Å². The average molecular weight is 307 g/mol. The van der Waals surface area contributed by atoms with Gasteiger partial charge in [-0.25, -0.2) is 8.42 Å². The summed E-state index contributed by atoms with van der Waals surface area (Å²) in [6, 6.07) is -0.158. The van der Waals surface area contributed by atoms with E-state index in [0.29, 0.717) is 11.5 Å². The van der Waals surface area contributed by atoms with Crippen molar-refractivity contribution in [1.29, 1.82) is 0 Å². The molecule has 2 atom stereocenters. The van der Waals surface area contributed by atoms with Crippen LogP contribution < -0.4 is 0 Å². The highest BCUT2D eigenvalue weighted by Crippen LogP contribution is 2.31. The molecule has 1 saturated carbocycles. The lowest BCUT2D eigenvalue weighted by Gasteiger charge is -2.33. The Morgan fingerprint density at radius 2 is 1.95 bits per heavy atom. The van der Waals surface area contributed by atoms with Crippen molar-refractivity contribution in [2.75, 3.05) is 7.05 Å². The van der Waals surface area contributed by atoms with Crippen LogP contribution in [0.4, 0.5) is 0 Å². The van der Waals surface area contributed by atoms with Crippen LogP contribution in [0.5, 0.6) is 0 Å². The van der Waals surface area contributed by atoms with E-state index in [2.05, 4.69) is 5.16 Å². The van der Waals surface area contributed by atoms with E-state index < -0.39 is 10.0 Å². The van der Waals surface area contributed by atoms with Crippen molar-refractivity contribution in [3.8, 4) is 0 Å². The fourth-order valence-corrected chi connectivity index (χ4v) is 4.86. The molecule has 19 heavy (non-hydrogen) atoms. The van der Waals surface area contributed by atoms with E-state index >= 15 is 0 Å². The smallest absolute Gasteiger partial charge is 0.248 e. The molecule has 0 aliphatic heterocycles. The molecule has 0 radical (unpaired) electrons. The van der Waals surface area contributed by atoms with Gasteiger partial charge in [-0.3, -0.25) is 0 Å². The summed E-state index contributed by atoms with van der Waals surface area (Å²) >= 11 is 6.28. The number of halogens is 1. The Morgan fingerprint density at radius 3 is 2.47 bits per heavy atom. The maximum Gasteiger partial charge on any atom is 0.248 e. The second-order valence-corrected chi connectivity index (χ2v) is 7.54. The zero-order chi connectivity index (χ0) is 14.2. The number of hydrogen-bond acceptors (Lipinski definition) is 4. The molecule has 1 aromatic rings. The quantitative estimate of drug-likeness (QED) is 0.805. The summed E-state index contributed by atoms with van der Waals surface area (Å²) in [4.78, 5) is 0.171. The molecule has 0 amide bonds. The second kappa shape index (κ2) is 5.42. The van der Waals surface area contributed by atoms with Crippen molar-refractivity contribution in [3.63, 3.8) is 0 Å². The average Bonchev–Trinajstić information content (AvgIpc) is 2.69. The lowest BCUT2D eigenvalue weighted by Crippen LogP contribution is -2.44. The van der Waals surface area contributed by atoms with Gasteiger partial charge in [-0.2, -0.15) is 4.31 Å². The first-order valence-electron chi connectivity index (χ1n) is 6.40. The third-order valence-electron chi connectivity index (χ3n) is 3.72. The first kappa shape index (κ1) is 14.8. The summed E-state index contributed by atoms with van der Waals surface area (Å²) in [7, 11) is -2.01. The third-order valence-corrected chi connectivity index (χ3v) is 6.36. The Kier molecular flexibility index (Phi) is 4.23. The van der Waals surface area contributed by atoms with Gasteiger partial charge in [0, 0.05) is 13.1 Å². The molecule has 0 spiro atoms. The molecule has 2 rings (SSSR count). The fourth-order valence-electron chi connectivity index (χ4n) is 2.64. The Bertz CT molecular complexity index is 536. The van der Waals surface area contributed by atoms with Crippen molar-refractivity contribution >= 4 is 21.6 Å². The summed E-state index contributed by atoms with van der Waals surface area (Å²) in [5.41, 5.74) is 0.395. The third kappa shape index (κ3) is 2.66. The van der Waals surface area contributed by atoms with Gasteiger partial charge in [-0.1, -0.05) is 18.0 Å². The van der Waals surface area contributed by atoms with Crippen LogP contribution in [0.15, 0.2) is 9.42 Å². The number of sulfonamides is 1.